The van der Waals surface area contributed by atoms with Crippen LogP contribution in [-0.2, 0) is 11.3 Å². The minimum atomic E-state index is -0.850. The van der Waals surface area contributed by atoms with Crippen molar-refractivity contribution in [1.82, 2.24) is 9.88 Å². The van der Waals surface area contributed by atoms with Crippen molar-refractivity contribution in [2.45, 2.75) is 45.3 Å². The summed E-state index contributed by atoms with van der Waals surface area (Å²) >= 11 is 0. The zero-order valence-corrected chi connectivity index (χ0v) is 14.8. The Morgan fingerprint density at radius 2 is 2.08 bits per heavy atom. The quantitative estimate of drug-likeness (QED) is 0.725. The van der Waals surface area contributed by atoms with Crippen molar-refractivity contribution >= 4 is 22.9 Å². The summed E-state index contributed by atoms with van der Waals surface area (Å²) in [5, 5.41) is 22.8. The molecule has 0 radical (unpaired) electrons. The lowest BCUT2D eigenvalue weighted by molar-refractivity contribution is -0.117. The fourth-order valence-corrected chi connectivity index (χ4v) is 2.74. The predicted octanol–water partition coefficient (Wildman–Crippen LogP) is 3.24. The fourth-order valence-electron chi connectivity index (χ4n) is 2.74. The van der Waals surface area contributed by atoms with Crippen LogP contribution in [0.3, 0.4) is 0 Å². The third-order valence-corrected chi connectivity index (χ3v) is 4.61. The number of nitrogens with one attached hydrogen (secondary N) is 1. The van der Waals surface area contributed by atoms with Gasteiger partial charge in [-0.1, -0.05) is 32.0 Å². The monoisotopic (exact) mass is 339 g/mol. The van der Waals surface area contributed by atoms with Gasteiger partial charge in [0.1, 0.15) is 0 Å². The summed E-state index contributed by atoms with van der Waals surface area (Å²) in [6.07, 6.45) is 6.86. The van der Waals surface area contributed by atoms with Gasteiger partial charge in [-0.15, -0.1) is 0 Å². The molecule has 25 heavy (non-hydrogen) atoms. The summed E-state index contributed by atoms with van der Waals surface area (Å²) in [5.74, 6) is -0.228. The van der Waals surface area contributed by atoms with Gasteiger partial charge >= 0.3 is 0 Å². The van der Waals surface area contributed by atoms with Crippen molar-refractivity contribution in [3.05, 3.63) is 42.1 Å². The Morgan fingerprint density at radius 1 is 1.36 bits per heavy atom. The van der Waals surface area contributed by atoms with Crippen LogP contribution < -0.4 is 5.32 Å². The van der Waals surface area contributed by atoms with E-state index in [0.29, 0.717) is 25.8 Å². The van der Waals surface area contributed by atoms with Crippen LogP contribution in [0.25, 0.3) is 17.0 Å². The minimum absolute atomic E-state index is 0.228. The van der Waals surface area contributed by atoms with Gasteiger partial charge in [-0.25, -0.2) is 0 Å². The van der Waals surface area contributed by atoms with Crippen LogP contribution in [-0.4, -0.2) is 27.7 Å². The maximum absolute atomic E-state index is 12.1. The highest BCUT2D eigenvalue weighted by Gasteiger charge is 2.22. The lowest BCUT2D eigenvalue weighted by Gasteiger charge is -2.24. The molecule has 0 aliphatic heterocycles. The Hall–Kier alpha value is -2.58. The average Bonchev–Trinajstić information content (AvgIpc) is 3.00. The molecule has 2 N–H and O–H groups in total. The lowest BCUT2D eigenvalue weighted by atomic mass is 9.98. The van der Waals surface area contributed by atoms with E-state index in [1.807, 2.05) is 48.9 Å². The van der Waals surface area contributed by atoms with Gasteiger partial charge in [0.05, 0.1) is 18.1 Å². The highest BCUT2D eigenvalue weighted by Crippen LogP contribution is 2.22. The molecule has 132 valence electrons. The second-order valence-electron chi connectivity index (χ2n) is 6.19. The summed E-state index contributed by atoms with van der Waals surface area (Å²) < 4.78 is 2.03. The number of hydrogen-bond acceptors (Lipinski definition) is 3. The molecule has 0 unspecified atom stereocenters. The number of carbonyl (C=O) groups excluding carboxylic acids is 1. The third kappa shape index (κ3) is 4.71. The van der Waals surface area contributed by atoms with Crippen LogP contribution in [0, 0.1) is 11.3 Å². The average molecular weight is 339 g/mol. The molecule has 2 rings (SSSR count). The second-order valence-corrected chi connectivity index (χ2v) is 6.19. The van der Waals surface area contributed by atoms with Crippen LogP contribution in [0.15, 0.2) is 36.5 Å². The first-order valence-electron chi connectivity index (χ1n) is 8.66. The van der Waals surface area contributed by atoms with E-state index in [2.05, 4.69) is 11.4 Å². The van der Waals surface area contributed by atoms with E-state index in [9.17, 15) is 9.90 Å². The molecule has 0 fully saturated rings. The number of aryl methyl sites for hydroxylation is 1. The molecule has 0 aliphatic carbocycles. The summed E-state index contributed by atoms with van der Waals surface area (Å²) in [6.45, 7) is 4.67. The molecular formula is C20H25N3O2. The first-order valence-corrected chi connectivity index (χ1v) is 8.66. The van der Waals surface area contributed by atoms with Crippen molar-refractivity contribution < 1.29 is 9.90 Å². The van der Waals surface area contributed by atoms with Gasteiger partial charge in [-0.05, 0) is 25.0 Å². The molecule has 0 saturated heterocycles. The second kappa shape index (κ2) is 8.50. The van der Waals surface area contributed by atoms with E-state index < -0.39 is 5.60 Å². The number of benzene rings is 1. The number of rotatable bonds is 8. The van der Waals surface area contributed by atoms with E-state index >= 15 is 0 Å². The van der Waals surface area contributed by atoms with Gasteiger partial charge in [-0.2, -0.15) is 5.26 Å². The van der Waals surface area contributed by atoms with E-state index in [4.69, 9.17) is 5.26 Å². The highest BCUT2D eigenvalue weighted by atomic mass is 16.3. The molecule has 1 heterocycles. The number of nitrogens with zero attached hydrogens (tertiary/aromatic N) is 2. The fraction of sp³-hybridized carbons (Fsp3) is 0.400. The lowest BCUT2D eigenvalue weighted by Crippen LogP contribution is -2.41. The number of amides is 1. The summed E-state index contributed by atoms with van der Waals surface area (Å²) in [5.41, 5.74) is 1.13. The number of para-hydroxylation sites is 1. The van der Waals surface area contributed by atoms with E-state index in [0.717, 1.165) is 16.5 Å². The topological polar surface area (TPSA) is 78.0 Å². The van der Waals surface area contributed by atoms with Crippen molar-refractivity contribution in [2.75, 3.05) is 6.54 Å². The third-order valence-electron chi connectivity index (χ3n) is 4.61. The largest absolute Gasteiger partial charge is 0.388 e. The number of fused-ring (bicyclic) bond motifs is 1. The van der Waals surface area contributed by atoms with Crippen molar-refractivity contribution in [3.63, 3.8) is 0 Å². The molecule has 1 aromatic heterocycles. The van der Waals surface area contributed by atoms with Gasteiger partial charge in [0.15, 0.2) is 0 Å². The van der Waals surface area contributed by atoms with Crippen molar-refractivity contribution in [2.24, 2.45) is 0 Å². The van der Waals surface area contributed by atoms with Gasteiger partial charge in [0.25, 0.3) is 0 Å². The van der Waals surface area contributed by atoms with Crippen LogP contribution in [0.1, 0.15) is 38.7 Å². The van der Waals surface area contributed by atoms with E-state index in [1.54, 1.807) is 6.08 Å². The molecule has 0 spiro atoms. The maximum atomic E-state index is 12.1. The number of nitriles is 1. The highest BCUT2D eigenvalue weighted by molar-refractivity contribution is 5.96. The summed E-state index contributed by atoms with van der Waals surface area (Å²) in [4.78, 5) is 12.1. The molecule has 0 bridgehead atoms. The van der Waals surface area contributed by atoms with Crippen LogP contribution >= 0.6 is 0 Å². The van der Waals surface area contributed by atoms with Crippen molar-refractivity contribution in [1.29, 1.82) is 5.26 Å². The van der Waals surface area contributed by atoms with Crippen molar-refractivity contribution in [3.8, 4) is 6.07 Å². The Labute approximate surface area is 148 Å². The van der Waals surface area contributed by atoms with E-state index in [-0.39, 0.29) is 12.5 Å². The first kappa shape index (κ1) is 18.8. The van der Waals surface area contributed by atoms with Crippen LogP contribution in [0.5, 0.6) is 0 Å². The van der Waals surface area contributed by atoms with Crippen LogP contribution in [0.4, 0.5) is 0 Å². The number of carbonyl (C=O) groups is 1. The number of aliphatic hydroxyl groups is 1. The Morgan fingerprint density at radius 3 is 2.76 bits per heavy atom. The molecule has 5 heteroatoms. The normalized spacial score (nSPS) is 11.8. The Balaban J connectivity index is 2.13. The standard InChI is InChI=1S/C20H25N3O2/c1-3-20(25,4-2)15-22-19(24)11-10-16-14-23(13-7-12-21)18-9-6-5-8-17(16)18/h5-6,8-11,14,25H,3-4,7,13,15H2,1-2H3,(H,22,24)/b11-10+. The molecule has 1 aromatic carbocycles. The zero-order valence-electron chi connectivity index (χ0n) is 14.8. The van der Waals surface area contributed by atoms with Gasteiger partial charge < -0.3 is 15.0 Å². The Bertz CT molecular complexity index is 795. The minimum Gasteiger partial charge on any atom is -0.388 e. The van der Waals surface area contributed by atoms with Gasteiger partial charge in [0, 0.05) is 41.8 Å². The maximum Gasteiger partial charge on any atom is 0.244 e. The molecule has 1 amide bonds. The van der Waals surface area contributed by atoms with E-state index in [1.165, 1.54) is 6.08 Å². The predicted molar refractivity (Wildman–Crippen MR) is 99.7 cm³/mol. The van der Waals surface area contributed by atoms with Gasteiger partial charge in [-0.3, -0.25) is 4.79 Å². The number of aromatic nitrogens is 1. The molecule has 0 aliphatic rings. The first-order chi connectivity index (χ1) is 12.0. The Kier molecular flexibility index (Phi) is 6.37. The smallest absolute Gasteiger partial charge is 0.244 e. The summed E-state index contributed by atoms with van der Waals surface area (Å²) in [7, 11) is 0. The van der Waals surface area contributed by atoms with Crippen LogP contribution in [0.2, 0.25) is 0 Å². The molecule has 0 saturated carbocycles. The zero-order chi connectivity index (χ0) is 18.3. The SMILES string of the molecule is CCC(O)(CC)CNC(=O)/C=C/c1cn(CCC#N)c2ccccc12. The molecular weight excluding hydrogens is 314 g/mol. The molecule has 0 atom stereocenters. The molecule has 2 aromatic rings. The summed E-state index contributed by atoms with van der Waals surface area (Å²) in [6, 6.07) is 10.1. The van der Waals surface area contributed by atoms with Gasteiger partial charge in [0.2, 0.25) is 5.91 Å². The molecule has 5 nitrogen and oxygen atoms in total. The number of hydrogen-bond donors (Lipinski definition) is 2.